The van der Waals surface area contributed by atoms with Crippen LogP contribution >= 0.6 is 0 Å². The van der Waals surface area contributed by atoms with E-state index in [-0.39, 0.29) is 36.2 Å². The van der Waals surface area contributed by atoms with Crippen LogP contribution in [0.5, 0.6) is 0 Å². The first-order valence-electron chi connectivity index (χ1n) is 11.2. The molecule has 4 saturated carbocycles. The van der Waals surface area contributed by atoms with Gasteiger partial charge in [-0.3, -0.25) is 14.0 Å². The molecule has 4 aliphatic carbocycles. The number of carbonyl (C=O) groups is 2. The average Bonchev–Trinajstić information content (AvgIpc) is 3.00. The Balaban J connectivity index is 1.53. The van der Waals surface area contributed by atoms with Crippen molar-refractivity contribution in [1.29, 1.82) is 0 Å². The van der Waals surface area contributed by atoms with Crippen molar-refractivity contribution in [3.63, 3.8) is 0 Å². The van der Waals surface area contributed by atoms with E-state index >= 15 is 0 Å². The van der Waals surface area contributed by atoms with Crippen molar-refractivity contribution in [3.05, 3.63) is 0 Å². The number of esters is 2. The lowest BCUT2D eigenvalue weighted by Crippen LogP contribution is -2.56. The van der Waals surface area contributed by atoms with E-state index in [4.69, 9.17) is 9.47 Å². The van der Waals surface area contributed by atoms with Gasteiger partial charge in [0.1, 0.15) is 12.2 Å². The molecule has 0 aromatic heterocycles. The molecular formula is C23H35FO4. The van der Waals surface area contributed by atoms with E-state index in [1.807, 2.05) is 0 Å². The Morgan fingerprint density at radius 2 is 1.68 bits per heavy atom. The molecule has 4 aliphatic rings. The summed E-state index contributed by atoms with van der Waals surface area (Å²) >= 11 is 0. The van der Waals surface area contributed by atoms with Gasteiger partial charge in [0.2, 0.25) is 0 Å². The molecule has 0 bridgehead atoms. The first-order chi connectivity index (χ1) is 13.3. The predicted octanol–water partition coefficient (Wildman–Crippen LogP) is 4.84. The summed E-state index contributed by atoms with van der Waals surface area (Å²) in [7, 11) is 0. The van der Waals surface area contributed by atoms with Gasteiger partial charge < -0.3 is 9.47 Å². The summed E-state index contributed by atoms with van der Waals surface area (Å²) in [5, 5.41) is 0. The van der Waals surface area contributed by atoms with Crippen LogP contribution < -0.4 is 0 Å². The summed E-state index contributed by atoms with van der Waals surface area (Å²) in [5.74, 6) is 1.64. The Morgan fingerprint density at radius 3 is 2.36 bits per heavy atom. The smallest absolute Gasteiger partial charge is 0.302 e. The molecule has 4 fully saturated rings. The lowest BCUT2D eigenvalue weighted by Gasteiger charge is -2.60. The first kappa shape index (κ1) is 20.2. The Labute approximate surface area is 167 Å². The van der Waals surface area contributed by atoms with E-state index < -0.39 is 5.41 Å². The van der Waals surface area contributed by atoms with Gasteiger partial charge in [-0.2, -0.15) is 0 Å². The topological polar surface area (TPSA) is 52.6 Å². The average molecular weight is 395 g/mol. The number of halogens is 1. The quantitative estimate of drug-likeness (QED) is 0.643. The predicted molar refractivity (Wildman–Crippen MR) is 103 cm³/mol. The zero-order chi connectivity index (χ0) is 20.1. The highest BCUT2D eigenvalue weighted by atomic mass is 19.1. The van der Waals surface area contributed by atoms with Crippen molar-refractivity contribution < 1.29 is 23.5 Å². The summed E-state index contributed by atoms with van der Waals surface area (Å²) in [4.78, 5) is 23.0. The van der Waals surface area contributed by atoms with Crippen LogP contribution in [0.3, 0.4) is 0 Å². The lowest BCUT2D eigenvalue weighted by atomic mass is 9.45. The van der Waals surface area contributed by atoms with Crippen LogP contribution in [0.1, 0.15) is 78.6 Å². The van der Waals surface area contributed by atoms with Crippen molar-refractivity contribution in [2.45, 2.75) is 90.8 Å². The number of ether oxygens (including phenoxy) is 2. The van der Waals surface area contributed by atoms with E-state index in [1.54, 1.807) is 0 Å². The van der Waals surface area contributed by atoms with E-state index in [0.717, 1.165) is 57.8 Å². The molecule has 0 aromatic carbocycles. The Morgan fingerprint density at radius 1 is 0.929 bits per heavy atom. The lowest BCUT2D eigenvalue weighted by molar-refractivity contribution is -0.172. The molecule has 0 unspecified atom stereocenters. The number of fused-ring (bicyclic) bond motifs is 5. The van der Waals surface area contributed by atoms with Crippen molar-refractivity contribution in [1.82, 2.24) is 0 Å². The van der Waals surface area contributed by atoms with Crippen LogP contribution in [0.4, 0.5) is 4.39 Å². The zero-order valence-electron chi connectivity index (χ0n) is 17.5. The standard InChI is InChI=1S/C23H35FO4/c1-14(25)27-17-8-10-22(3)16(12-17)4-5-18-19(22)9-11-23(13-24)20(18)6-7-21(23)28-15(2)26/h16-21H,4-13H2,1-3H3/t16-,17+,18+,19-,20-,21-,22-,23+/m0/s1. The summed E-state index contributed by atoms with van der Waals surface area (Å²) in [6.07, 6.45) is 8.80. The van der Waals surface area contributed by atoms with E-state index in [0.29, 0.717) is 23.7 Å². The molecule has 0 aliphatic heterocycles. The molecule has 4 nitrogen and oxygen atoms in total. The minimum absolute atomic E-state index is 0.0699. The molecule has 0 N–H and O–H groups in total. The molecule has 158 valence electrons. The number of hydrogen-bond donors (Lipinski definition) is 0. The van der Waals surface area contributed by atoms with E-state index in [9.17, 15) is 14.0 Å². The van der Waals surface area contributed by atoms with Gasteiger partial charge in [-0.05, 0) is 86.9 Å². The third-order valence-electron chi connectivity index (χ3n) is 9.14. The van der Waals surface area contributed by atoms with Crippen molar-refractivity contribution >= 4 is 11.9 Å². The Bertz CT molecular complexity index is 636. The molecule has 8 atom stereocenters. The Hall–Kier alpha value is -1.13. The SMILES string of the molecule is CC(=O)O[C@@H]1CC[C@@]2(C)[C@@H](CC[C@@H]3[C@@H]2CC[C@]2(CF)[C@@H](OC(C)=O)CC[C@@H]32)C1. The van der Waals surface area contributed by atoms with E-state index in [1.165, 1.54) is 13.8 Å². The minimum Gasteiger partial charge on any atom is -0.463 e. The van der Waals surface area contributed by atoms with Crippen LogP contribution in [-0.4, -0.2) is 30.8 Å². The second-order valence-corrected chi connectivity index (χ2v) is 10.2. The van der Waals surface area contributed by atoms with Gasteiger partial charge >= 0.3 is 11.9 Å². The molecule has 5 heteroatoms. The highest BCUT2D eigenvalue weighted by Gasteiger charge is 2.63. The van der Waals surface area contributed by atoms with Crippen molar-refractivity contribution in [3.8, 4) is 0 Å². The maximum absolute atomic E-state index is 14.4. The number of rotatable bonds is 3. The van der Waals surface area contributed by atoms with Gasteiger partial charge in [-0.25, -0.2) is 0 Å². The monoisotopic (exact) mass is 394 g/mol. The molecule has 0 saturated heterocycles. The fraction of sp³-hybridized carbons (Fsp3) is 0.913. The minimum atomic E-state index is -0.453. The molecule has 0 amide bonds. The van der Waals surface area contributed by atoms with Gasteiger partial charge in [-0.15, -0.1) is 0 Å². The first-order valence-corrected chi connectivity index (χ1v) is 11.2. The molecule has 0 spiro atoms. The van der Waals surface area contributed by atoms with Crippen LogP contribution in [0.15, 0.2) is 0 Å². The van der Waals surface area contributed by atoms with Crippen LogP contribution in [-0.2, 0) is 19.1 Å². The summed E-state index contributed by atoms with van der Waals surface area (Å²) in [6.45, 7) is 5.02. The fourth-order valence-electron chi connectivity index (χ4n) is 7.95. The largest absolute Gasteiger partial charge is 0.463 e. The highest BCUT2D eigenvalue weighted by Crippen LogP contribution is 2.66. The normalized spacial score (nSPS) is 47.4. The molecule has 0 radical (unpaired) electrons. The molecule has 0 heterocycles. The summed E-state index contributed by atoms with van der Waals surface area (Å²) in [6, 6.07) is 0. The second kappa shape index (κ2) is 7.28. The third-order valence-corrected chi connectivity index (χ3v) is 9.14. The fourth-order valence-corrected chi connectivity index (χ4v) is 7.95. The van der Waals surface area contributed by atoms with Crippen LogP contribution in [0.25, 0.3) is 0 Å². The van der Waals surface area contributed by atoms with Crippen molar-refractivity contribution in [2.24, 2.45) is 34.5 Å². The molecule has 4 rings (SSSR count). The number of carbonyl (C=O) groups excluding carboxylic acids is 2. The van der Waals surface area contributed by atoms with E-state index in [2.05, 4.69) is 6.92 Å². The van der Waals surface area contributed by atoms with Gasteiger partial charge in [0.05, 0.1) is 6.67 Å². The molecule has 0 aromatic rings. The van der Waals surface area contributed by atoms with Gasteiger partial charge in [0.25, 0.3) is 0 Å². The molecule has 28 heavy (non-hydrogen) atoms. The van der Waals surface area contributed by atoms with Gasteiger partial charge in [0, 0.05) is 19.3 Å². The highest BCUT2D eigenvalue weighted by molar-refractivity contribution is 5.66. The maximum atomic E-state index is 14.4. The van der Waals surface area contributed by atoms with Crippen LogP contribution in [0, 0.1) is 34.5 Å². The zero-order valence-corrected chi connectivity index (χ0v) is 17.5. The van der Waals surface area contributed by atoms with Crippen LogP contribution in [0.2, 0.25) is 0 Å². The maximum Gasteiger partial charge on any atom is 0.302 e. The van der Waals surface area contributed by atoms with Gasteiger partial charge in [0.15, 0.2) is 0 Å². The summed E-state index contributed by atoms with van der Waals surface area (Å²) in [5.41, 5.74) is -0.188. The number of hydrogen-bond acceptors (Lipinski definition) is 4. The van der Waals surface area contributed by atoms with Crippen molar-refractivity contribution in [2.75, 3.05) is 6.67 Å². The Kier molecular flexibility index (Phi) is 5.24. The molecular weight excluding hydrogens is 359 g/mol. The summed E-state index contributed by atoms with van der Waals surface area (Å²) < 4.78 is 25.6. The van der Waals surface area contributed by atoms with Gasteiger partial charge in [-0.1, -0.05) is 6.92 Å². The number of alkyl halides is 1. The third kappa shape index (κ3) is 3.08. The second-order valence-electron chi connectivity index (χ2n) is 10.2.